The van der Waals surface area contributed by atoms with Gasteiger partial charge < -0.3 is 19.5 Å². The van der Waals surface area contributed by atoms with E-state index in [1.54, 1.807) is 13.0 Å². The fraction of sp³-hybridized carbons (Fsp3) is 0.389. The summed E-state index contributed by atoms with van der Waals surface area (Å²) >= 11 is 0. The minimum atomic E-state index is -0.569. The number of nitro groups is 1. The van der Waals surface area contributed by atoms with Crippen molar-refractivity contribution in [3.8, 4) is 0 Å². The molecule has 3 rings (SSSR count). The minimum Gasteiger partial charge on any atom is -0.376 e. The van der Waals surface area contributed by atoms with Crippen molar-refractivity contribution in [1.29, 1.82) is 0 Å². The Morgan fingerprint density at radius 3 is 2.86 bits per heavy atom. The van der Waals surface area contributed by atoms with Crippen molar-refractivity contribution in [3.05, 3.63) is 51.8 Å². The van der Waals surface area contributed by atoms with Crippen LogP contribution in [-0.4, -0.2) is 52.6 Å². The van der Waals surface area contributed by atoms with Crippen molar-refractivity contribution < 1.29 is 23.8 Å². The number of nitrogens with one attached hydrogen (secondary N) is 1. The number of hydrogen-bond acceptors (Lipinski definition) is 7. The van der Waals surface area contributed by atoms with Gasteiger partial charge >= 0.3 is 0 Å². The minimum absolute atomic E-state index is 0.136. The predicted octanol–water partition coefficient (Wildman–Crippen LogP) is 2.15. The lowest BCUT2D eigenvalue weighted by Gasteiger charge is -2.24. The van der Waals surface area contributed by atoms with E-state index in [4.69, 9.17) is 9.26 Å². The topological polar surface area (TPSA) is 128 Å². The summed E-state index contributed by atoms with van der Waals surface area (Å²) in [5.74, 6) is -0.141. The molecule has 1 fully saturated rings. The fourth-order valence-electron chi connectivity index (χ4n) is 2.97. The normalized spacial score (nSPS) is 16.0. The van der Waals surface area contributed by atoms with Gasteiger partial charge in [-0.25, -0.2) is 0 Å². The van der Waals surface area contributed by atoms with Gasteiger partial charge in [0, 0.05) is 36.9 Å². The number of nitro benzene ring substituents is 1. The highest BCUT2D eigenvalue weighted by atomic mass is 16.6. The molecule has 0 aliphatic carbocycles. The largest absolute Gasteiger partial charge is 0.376 e. The number of anilines is 1. The van der Waals surface area contributed by atoms with Crippen molar-refractivity contribution >= 4 is 23.3 Å². The Hall–Kier alpha value is -3.27. The molecule has 1 N–H and O–H groups in total. The number of carbonyl (C=O) groups is 2. The van der Waals surface area contributed by atoms with Gasteiger partial charge in [0.1, 0.15) is 12.3 Å². The van der Waals surface area contributed by atoms with E-state index >= 15 is 0 Å². The van der Waals surface area contributed by atoms with Gasteiger partial charge in [0.05, 0.1) is 11.0 Å². The number of non-ortho nitro benzene ring substituents is 1. The second kappa shape index (κ2) is 8.61. The molecule has 2 aromatic rings. The first-order chi connectivity index (χ1) is 13.4. The summed E-state index contributed by atoms with van der Waals surface area (Å²) in [6.07, 6.45) is 1.49. The Bertz CT molecular complexity index is 874. The lowest BCUT2D eigenvalue weighted by molar-refractivity contribution is -0.384. The molecule has 2 heterocycles. The molecule has 0 saturated carbocycles. The lowest BCUT2D eigenvalue weighted by Crippen LogP contribution is -2.42. The van der Waals surface area contributed by atoms with Crippen LogP contribution in [0.3, 0.4) is 0 Å². The monoisotopic (exact) mass is 388 g/mol. The van der Waals surface area contributed by atoms with Crippen LogP contribution in [0.25, 0.3) is 0 Å². The van der Waals surface area contributed by atoms with Gasteiger partial charge in [-0.15, -0.1) is 0 Å². The van der Waals surface area contributed by atoms with Gasteiger partial charge in [0.25, 0.3) is 11.6 Å². The first kappa shape index (κ1) is 19.5. The Morgan fingerprint density at radius 1 is 1.39 bits per heavy atom. The molecule has 148 valence electrons. The van der Waals surface area contributed by atoms with Crippen molar-refractivity contribution in [3.63, 3.8) is 0 Å². The first-order valence-corrected chi connectivity index (χ1v) is 8.81. The van der Waals surface area contributed by atoms with E-state index in [1.165, 1.54) is 29.2 Å². The second-order valence-electron chi connectivity index (χ2n) is 6.50. The van der Waals surface area contributed by atoms with Crippen LogP contribution >= 0.6 is 0 Å². The Balaban J connectivity index is 1.75. The smallest absolute Gasteiger partial charge is 0.270 e. The Morgan fingerprint density at radius 2 is 2.21 bits per heavy atom. The zero-order chi connectivity index (χ0) is 20.1. The molecule has 1 aliphatic heterocycles. The number of carbonyl (C=O) groups excluding carboxylic acids is 2. The highest BCUT2D eigenvalue weighted by Crippen LogP contribution is 2.18. The van der Waals surface area contributed by atoms with Gasteiger partial charge in [0.15, 0.2) is 5.82 Å². The Labute approximate surface area is 160 Å². The van der Waals surface area contributed by atoms with Crippen LogP contribution in [0.4, 0.5) is 11.5 Å². The molecule has 10 heteroatoms. The van der Waals surface area contributed by atoms with E-state index in [1.807, 2.05) is 0 Å². The van der Waals surface area contributed by atoms with Gasteiger partial charge in [0.2, 0.25) is 5.91 Å². The molecule has 1 aromatic carbocycles. The highest BCUT2D eigenvalue weighted by Gasteiger charge is 2.26. The molecule has 0 unspecified atom stereocenters. The molecule has 1 saturated heterocycles. The Kier molecular flexibility index (Phi) is 5.99. The number of aromatic nitrogens is 1. The number of ether oxygens (including phenoxy) is 1. The van der Waals surface area contributed by atoms with Crippen LogP contribution in [0, 0.1) is 17.0 Å². The number of hydrogen-bond donors (Lipinski definition) is 1. The predicted molar refractivity (Wildman–Crippen MR) is 97.8 cm³/mol. The molecule has 1 aromatic heterocycles. The van der Waals surface area contributed by atoms with E-state index in [0.717, 1.165) is 12.8 Å². The number of benzene rings is 1. The van der Waals surface area contributed by atoms with Crippen molar-refractivity contribution in [2.45, 2.75) is 25.9 Å². The average molecular weight is 388 g/mol. The number of rotatable bonds is 7. The maximum absolute atomic E-state index is 12.9. The summed E-state index contributed by atoms with van der Waals surface area (Å²) < 4.78 is 10.5. The van der Waals surface area contributed by atoms with E-state index in [-0.39, 0.29) is 36.3 Å². The molecule has 0 radical (unpaired) electrons. The summed E-state index contributed by atoms with van der Waals surface area (Å²) in [7, 11) is 0. The van der Waals surface area contributed by atoms with E-state index in [0.29, 0.717) is 12.4 Å². The maximum Gasteiger partial charge on any atom is 0.270 e. The van der Waals surface area contributed by atoms with Gasteiger partial charge in [-0.2, -0.15) is 0 Å². The van der Waals surface area contributed by atoms with Gasteiger partial charge in [-0.05, 0) is 25.8 Å². The second-order valence-corrected chi connectivity index (χ2v) is 6.50. The van der Waals surface area contributed by atoms with Crippen molar-refractivity contribution in [2.75, 3.05) is 25.0 Å². The summed E-state index contributed by atoms with van der Waals surface area (Å²) in [5, 5.41) is 17.2. The lowest BCUT2D eigenvalue weighted by atomic mass is 10.1. The van der Waals surface area contributed by atoms with Crippen LogP contribution in [0.15, 0.2) is 34.9 Å². The van der Waals surface area contributed by atoms with Crippen molar-refractivity contribution in [1.82, 2.24) is 10.1 Å². The molecule has 0 spiro atoms. The number of amides is 2. The van der Waals surface area contributed by atoms with Crippen LogP contribution in [0.5, 0.6) is 0 Å². The number of nitrogens with zero attached hydrogens (tertiary/aromatic N) is 3. The zero-order valence-corrected chi connectivity index (χ0v) is 15.3. The van der Waals surface area contributed by atoms with E-state index < -0.39 is 16.7 Å². The SMILES string of the molecule is Cc1cc(NC(=O)CN(C[C@@H]2CCCO2)C(=O)c2cccc([N+](=O)[O-])c2)no1. The van der Waals surface area contributed by atoms with Crippen LogP contribution in [0.2, 0.25) is 0 Å². The number of aryl methyl sites for hydroxylation is 1. The molecule has 1 atom stereocenters. The molecule has 1 aliphatic rings. The summed E-state index contributed by atoms with van der Waals surface area (Å²) in [6, 6.07) is 6.99. The molecule has 10 nitrogen and oxygen atoms in total. The van der Waals surface area contributed by atoms with Crippen LogP contribution in [-0.2, 0) is 9.53 Å². The molecular weight excluding hydrogens is 368 g/mol. The van der Waals surface area contributed by atoms with E-state index in [2.05, 4.69) is 10.5 Å². The molecule has 2 amide bonds. The summed E-state index contributed by atoms with van der Waals surface area (Å²) in [4.78, 5) is 37.1. The third-order valence-corrected chi connectivity index (χ3v) is 4.27. The maximum atomic E-state index is 12.9. The quantitative estimate of drug-likeness (QED) is 0.568. The van der Waals surface area contributed by atoms with Crippen LogP contribution in [0.1, 0.15) is 29.0 Å². The van der Waals surface area contributed by atoms with E-state index in [9.17, 15) is 19.7 Å². The highest BCUT2D eigenvalue weighted by molar-refractivity contribution is 5.99. The third kappa shape index (κ3) is 4.92. The van der Waals surface area contributed by atoms with Crippen molar-refractivity contribution in [2.24, 2.45) is 0 Å². The third-order valence-electron chi connectivity index (χ3n) is 4.27. The zero-order valence-electron chi connectivity index (χ0n) is 15.3. The summed E-state index contributed by atoms with van der Waals surface area (Å²) in [5.41, 5.74) is -0.0530. The average Bonchev–Trinajstić information content (AvgIpc) is 3.32. The first-order valence-electron chi connectivity index (χ1n) is 8.81. The molecular formula is C18H20N4O6. The van der Waals surface area contributed by atoms with Crippen LogP contribution < -0.4 is 5.32 Å². The molecule has 28 heavy (non-hydrogen) atoms. The van der Waals surface area contributed by atoms with Gasteiger partial charge in [-0.1, -0.05) is 11.2 Å². The standard InChI is InChI=1S/C18H20N4O6/c1-12-8-16(20-28-12)19-17(23)11-21(10-15-6-3-7-27-15)18(24)13-4-2-5-14(9-13)22(25)26/h2,4-5,8-9,15H,3,6-7,10-11H2,1H3,(H,19,20,23)/t15-/m0/s1. The van der Waals surface area contributed by atoms with Gasteiger partial charge in [-0.3, -0.25) is 19.7 Å². The fourth-order valence-corrected chi connectivity index (χ4v) is 2.97. The molecule has 0 bridgehead atoms. The summed E-state index contributed by atoms with van der Waals surface area (Å²) in [6.45, 7) is 2.27.